The third-order valence-electron chi connectivity index (χ3n) is 4.46. The van der Waals surface area contributed by atoms with E-state index in [1.54, 1.807) is 11.3 Å². The number of hydrogen-bond acceptors (Lipinski definition) is 6. The van der Waals surface area contributed by atoms with Crippen LogP contribution in [0.5, 0.6) is 0 Å². The Kier molecular flexibility index (Phi) is 5.67. The fourth-order valence-corrected chi connectivity index (χ4v) is 4.88. The summed E-state index contributed by atoms with van der Waals surface area (Å²) in [4.78, 5) is 28.9. The third kappa shape index (κ3) is 3.64. The predicted octanol–water partition coefficient (Wildman–Crippen LogP) is 4.54. The van der Waals surface area contributed by atoms with E-state index in [1.807, 2.05) is 49.8 Å². The molecule has 0 spiro atoms. The quantitative estimate of drug-likeness (QED) is 0.464. The molecule has 27 heavy (non-hydrogen) atoms. The average Bonchev–Trinajstić information content (AvgIpc) is 3.32. The summed E-state index contributed by atoms with van der Waals surface area (Å²) < 4.78 is 2.02. The Balaban J connectivity index is 1.86. The number of aromatic amines is 1. The number of hydrogen-bond donors (Lipinski definition) is 1. The van der Waals surface area contributed by atoms with Crippen molar-refractivity contribution in [3.8, 4) is 10.7 Å². The number of thioether (sulfide) groups is 1. The van der Waals surface area contributed by atoms with Gasteiger partial charge in [-0.1, -0.05) is 17.8 Å². The second kappa shape index (κ2) is 7.82. The van der Waals surface area contributed by atoms with E-state index in [2.05, 4.69) is 15.2 Å². The number of nitrogens with one attached hydrogen (secondary N) is 1. The number of carbonyl (C=O) groups is 2. The molecule has 0 bridgehead atoms. The molecule has 1 atom stereocenters. The number of nitrogens with zero attached hydrogens (tertiary/aromatic N) is 3. The summed E-state index contributed by atoms with van der Waals surface area (Å²) in [6.07, 6.45) is 0. The van der Waals surface area contributed by atoms with Gasteiger partial charge in [0.1, 0.15) is 0 Å². The van der Waals surface area contributed by atoms with Crippen LogP contribution >= 0.6 is 23.1 Å². The van der Waals surface area contributed by atoms with Crippen molar-refractivity contribution >= 4 is 34.7 Å². The molecule has 1 N–H and O–H groups in total. The van der Waals surface area contributed by atoms with Crippen LogP contribution in [0.1, 0.15) is 52.9 Å². The number of thiophene rings is 1. The number of ketones is 2. The smallest absolute Gasteiger partial charge is 0.192 e. The zero-order valence-corrected chi connectivity index (χ0v) is 17.6. The molecule has 3 rings (SSSR count). The third-order valence-corrected chi connectivity index (χ3v) is 6.41. The van der Waals surface area contributed by atoms with Gasteiger partial charge in [-0.3, -0.25) is 9.59 Å². The number of Topliss-reactive ketones (excluding diaryl/α,β-unsaturated/α-hetero) is 2. The molecule has 0 aliphatic heterocycles. The van der Waals surface area contributed by atoms with Crippen molar-refractivity contribution in [3.63, 3.8) is 0 Å². The van der Waals surface area contributed by atoms with Gasteiger partial charge in [-0.15, -0.1) is 21.5 Å². The summed E-state index contributed by atoms with van der Waals surface area (Å²) in [5.74, 6) is 0.740. The minimum absolute atomic E-state index is 0.0353. The number of rotatable bonds is 7. The predicted molar refractivity (Wildman–Crippen MR) is 109 cm³/mol. The molecule has 0 saturated heterocycles. The monoisotopic (exact) mass is 402 g/mol. The van der Waals surface area contributed by atoms with Crippen LogP contribution in [0.2, 0.25) is 0 Å². The lowest BCUT2D eigenvalue weighted by atomic mass is 10.0. The van der Waals surface area contributed by atoms with Crippen molar-refractivity contribution in [2.75, 3.05) is 0 Å². The molecule has 0 saturated carbocycles. The molecule has 142 valence electrons. The van der Waals surface area contributed by atoms with Crippen molar-refractivity contribution in [3.05, 3.63) is 40.0 Å². The van der Waals surface area contributed by atoms with Crippen molar-refractivity contribution < 1.29 is 9.59 Å². The molecule has 0 radical (unpaired) electrons. The largest absolute Gasteiger partial charge is 0.355 e. The average molecular weight is 403 g/mol. The zero-order chi connectivity index (χ0) is 19.7. The molecule has 0 aliphatic rings. The molecule has 0 unspecified atom stereocenters. The van der Waals surface area contributed by atoms with E-state index in [0.717, 1.165) is 28.1 Å². The second-order valence-corrected chi connectivity index (χ2v) is 8.59. The van der Waals surface area contributed by atoms with Crippen LogP contribution in [0.4, 0.5) is 0 Å². The fourth-order valence-electron chi connectivity index (χ4n) is 3.19. The first-order valence-electron chi connectivity index (χ1n) is 8.73. The first-order chi connectivity index (χ1) is 12.8. The topological polar surface area (TPSA) is 80.6 Å². The summed E-state index contributed by atoms with van der Waals surface area (Å²) in [6.45, 7) is 9.77. The van der Waals surface area contributed by atoms with Crippen LogP contribution in [0.15, 0.2) is 22.7 Å². The van der Waals surface area contributed by atoms with Gasteiger partial charge in [0.15, 0.2) is 22.5 Å². The Morgan fingerprint density at radius 1 is 1.33 bits per heavy atom. The highest BCUT2D eigenvalue weighted by Gasteiger charge is 2.26. The van der Waals surface area contributed by atoms with E-state index in [-0.39, 0.29) is 16.8 Å². The van der Waals surface area contributed by atoms with Crippen molar-refractivity contribution in [2.45, 2.75) is 51.6 Å². The van der Waals surface area contributed by atoms with E-state index in [0.29, 0.717) is 16.8 Å². The maximum Gasteiger partial charge on any atom is 0.192 e. The van der Waals surface area contributed by atoms with Gasteiger partial charge in [-0.2, -0.15) is 0 Å². The summed E-state index contributed by atoms with van der Waals surface area (Å²) in [5, 5.41) is 11.0. The maximum atomic E-state index is 13.0. The van der Waals surface area contributed by atoms with Crippen LogP contribution in [0.3, 0.4) is 0 Å². The van der Waals surface area contributed by atoms with Crippen molar-refractivity contribution in [1.29, 1.82) is 0 Å². The molecule has 6 nitrogen and oxygen atoms in total. The SMILES string of the molecule is CCn1c(S[C@H](C)C(=O)c2[nH]c(C)c(C(C)=O)c2C)nnc1-c1cccs1. The zero-order valence-electron chi connectivity index (χ0n) is 16.0. The van der Waals surface area contributed by atoms with Gasteiger partial charge in [-0.25, -0.2) is 0 Å². The number of carbonyl (C=O) groups excluding carboxylic acids is 2. The molecule has 3 aromatic rings. The standard InChI is InChI=1S/C19H22N4O2S2/c1-6-23-18(14-8-7-9-26-14)21-22-19(23)27-13(5)17(25)16-10(2)15(12(4)24)11(3)20-16/h7-9,13,20H,6H2,1-5H3/t13-/m1/s1. The summed E-state index contributed by atoms with van der Waals surface area (Å²) in [7, 11) is 0. The van der Waals surface area contributed by atoms with Crippen molar-refractivity contribution in [2.24, 2.45) is 0 Å². The van der Waals surface area contributed by atoms with Gasteiger partial charge in [-0.05, 0) is 51.6 Å². The van der Waals surface area contributed by atoms with Gasteiger partial charge in [0.25, 0.3) is 0 Å². The van der Waals surface area contributed by atoms with Gasteiger partial charge in [0.2, 0.25) is 0 Å². The van der Waals surface area contributed by atoms with E-state index >= 15 is 0 Å². The van der Waals surface area contributed by atoms with E-state index in [9.17, 15) is 9.59 Å². The summed E-state index contributed by atoms with van der Waals surface area (Å²) in [5.41, 5.74) is 2.55. The Hall–Kier alpha value is -2.19. The molecular weight excluding hydrogens is 380 g/mol. The Morgan fingerprint density at radius 3 is 2.63 bits per heavy atom. The highest BCUT2D eigenvalue weighted by Crippen LogP contribution is 2.31. The second-order valence-electron chi connectivity index (χ2n) is 6.33. The lowest BCUT2D eigenvalue weighted by Gasteiger charge is -2.11. The lowest BCUT2D eigenvalue weighted by molar-refractivity contribution is 0.0988. The first kappa shape index (κ1) is 19.6. The number of aromatic nitrogens is 4. The molecule has 8 heteroatoms. The molecule has 0 aromatic carbocycles. The highest BCUT2D eigenvalue weighted by atomic mass is 32.2. The maximum absolute atomic E-state index is 13.0. The molecule has 0 fully saturated rings. The molecule has 3 heterocycles. The molecule has 3 aromatic heterocycles. The molecule has 0 amide bonds. The molecule has 0 aliphatic carbocycles. The minimum Gasteiger partial charge on any atom is -0.355 e. The van der Waals surface area contributed by atoms with E-state index < -0.39 is 0 Å². The van der Waals surface area contributed by atoms with Crippen molar-refractivity contribution in [1.82, 2.24) is 19.7 Å². The van der Waals surface area contributed by atoms with Crippen LogP contribution in [0, 0.1) is 13.8 Å². The first-order valence-corrected chi connectivity index (χ1v) is 10.5. The minimum atomic E-state index is -0.354. The Labute approximate surface area is 166 Å². The van der Waals surface area contributed by atoms with Gasteiger partial charge in [0, 0.05) is 17.8 Å². The number of H-pyrrole nitrogens is 1. The lowest BCUT2D eigenvalue weighted by Crippen LogP contribution is -2.16. The van der Waals surface area contributed by atoms with E-state index in [1.165, 1.54) is 18.7 Å². The van der Waals surface area contributed by atoms with Crippen LogP contribution in [-0.2, 0) is 6.54 Å². The van der Waals surface area contributed by atoms with Crippen LogP contribution in [0.25, 0.3) is 10.7 Å². The van der Waals surface area contributed by atoms with Gasteiger partial charge in [0.05, 0.1) is 15.8 Å². The number of aryl methyl sites for hydroxylation is 1. The van der Waals surface area contributed by atoms with Gasteiger partial charge < -0.3 is 9.55 Å². The van der Waals surface area contributed by atoms with Crippen LogP contribution in [-0.4, -0.2) is 36.6 Å². The Morgan fingerprint density at radius 2 is 2.07 bits per heavy atom. The van der Waals surface area contributed by atoms with Crippen LogP contribution < -0.4 is 0 Å². The highest BCUT2D eigenvalue weighted by molar-refractivity contribution is 8.00. The van der Waals surface area contributed by atoms with Gasteiger partial charge >= 0.3 is 0 Å². The molecular formula is C19H22N4O2S2. The Bertz CT molecular complexity index is 986. The van der Waals surface area contributed by atoms with E-state index in [4.69, 9.17) is 0 Å². The summed E-state index contributed by atoms with van der Waals surface area (Å²) in [6, 6.07) is 3.99. The normalized spacial score (nSPS) is 12.3. The summed E-state index contributed by atoms with van der Waals surface area (Å²) >= 11 is 3.00. The fraction of sp³-hybridized carbons (Fsp3) is 0.368.